The maximum Gasteiger partial charge on any atom is 0.129 e. The van der Waals surface area contributed by atoms with Crippen LogP contribution in [0.4, 0.5) is 0 Å². The molecule has 3 nitrogen and oxygen atoms in total. The van der Waals surface area contributed by atoms with E-state index >= 15 is 0 Å². The highest BCUT2D eigenvalue weighted by molar-refractivity contribution is 6.29. The fourth-order valence-electron chi connectivity index (χ4n) is 2.24. The molecule has 3 aromatic rings. The average molecular weight is 285 g/mol. The lowest BCUT2D eigenvalue weighted by Crippen LogP contribution is -2.03. The second-order valence-corrected chi connectivity index (χ2v) is 5.01. The van der Waals surface area contributed by atoms with Crippen LogP contribution in [0.2, 0.25) is 5.15 Å². The van der Waals surface area contributed by atoms with E-state index in [9.17, 15) is 5.11 Å². The Balaban J connectivity index is 1.91. The summed E-state index contributed by atoms with van der Waals surface area (Å²) in [5.74, 6) is 0. The first kappa shape index (κ1) is 13.0. The van der Waals surface area contributed by atoms with Crippen molar-refractivity contribution < 1.29 is 5.11 Å². The van der Waals surface area contributed by atoms with Crippen LogP contribution in [0.15, 0.2) is 54.9 Å². The molecule has 0 amide bonds. The highest BCUT2D eigenvalue weighted by atomic mass is 35.5. The van der Waals surface area contributed by atoms with E-state index in [4.69, 9.17) is 11.6 Å². The molecule has 2 heterocycles. The number of aromatic nitrogens is 2. The summed E-state index contributed by atoms with van der Waals surface area (Å²) in [7, 11) is 0. The number of benzene rings is 1. The second-order valence-electron chi connectivity index (χ2n) is 4.62. The highest BCUT2D eigenvalue weighted by Gasteiger charge is 2.11. The third-order valence-electron chi connectivity index (χ3n) is 3.29. The molecule has 0 bridgehead atoms. The van der Waals surface area contributed by atoms with E-state index < -0.39 is 6.10 Å². The van der Waals surface area contributed by atoms with Gasteiger partial charge in [-0.2, -0.15) is 0 Å². The molecule has 2 aromatic heterocycles. The molecule has 0 spiro atoms. The molecule has 0 radical (unpaired) electrons. The van der Waals surface area contributed by atoms with Crippen LogP contribution in [0.5, 0.6) is 0 Å². The van der Waals surface area contributed by atoms with Gasteiger partial charge >= 0.3 is 0 Å². The maximum absolute atomic E-state index is 10.3. The minimum atomic E-state index is -0.606. The zero-order valence-corrected chi connectivity index (χ0v) is 11.5. The van der Waals surface area contributed by atoms with Gasteiger partial charge in [0.15, 0.2) is 0 Å². The topological polar surface area (TPSA) is 46.0 Å². The summed E-state index contributed by atoms with van der Waals surface area (Å²) in [5.41, 5.74) is 2.76. The summed E-state index contributed by atoms with van der Waals surface area (Å²) in [6.45, 7) is 0. The molecule has 1 atom stereocenters. The van der Waals surface area contributed by atoms with E-state index in [1.807, 2.05) is 30.3 Å². The van der Waals surface area contributed by atoms with Crippen LogP contribution in [0, 0.1) is 0 Å². The molecule has 4 heteroatoms. The van der Waals surface area contributed by atoms with Crippen molar-refractivity contribution in [3.8, 4) is 0 Å². The summed E-state index contributed by atoms with van der Waals surface area (Å²) >= 11 is 5.75. The molecule has 0 aliphatic rings. The number of para-hydroxylation sites is 1. The van der Waals surface area contributed by atoms with Crippen LogP contribution in [-0.2, 0) is 6.42 Å². The molecule has 0 aliphatic carbocycles. The Hall–Kier alpha value is -1.97. The molecule has 0 saturated heterocycles. The summed E-state index contributed by atoms with van der Waals surface area (Å²) in [6.07, 6.45) is 3.29. The molecule has 0 fully saturated rings. The quantitative estimate of drug-likeness (QED) is 0.748. The highest BCUT2D eigenvalue weighted by Crippen LogP contribution is 2.23. The van der Waals surface area contributed by atoms with E-state index in [-0.39, 0.29) is 0 Å². The number of halogens is 1. The molecule has 20 heavy (non-hydrogen) atoms. The van der Waals surface area contributed by atoms with E-state index in [1.54, 1.807) is 24.5 Å². The van der Waals surface area contributed by atoms with Crippen LogP contribution in [-0.4, -0.2) is 15.1 Å². The standard InChI is InChI=1S/C16H13ClN2O/c17-16-6-5-12(10-19-16)15(20)9-11-7-8-18-14-4-2-1-3-13(11)14/h1-8,10,15,20H,9H2. The van der Waals surface area contributed by atoms with Gasteiger partial charge in [-0.05, 0) is 29.3 Å². The lowest BCUT2D eigenvalue weighted by Gasteiger charge is -2.12. The number of nitrogens with zero attached hydrogens (tertiary/aromatic N) is 2. The van der Waals surface area contributed by atoms with E-state index in [2.05, 4.69) is 9.97 Å². The Morgan fingerprint density at radius 2 is 1.90 bits per heavy atom. The fraction of sp³-hybridized carbons (Fsp3) is 0.125. The first-order chi connectivity index (χ1) is 9.74. The Labute approximate surface area is 121 Å². The first-order valence-corrected chi connectivity index (χ1v) is 6.74. The number of fused-ring (bicyclic) bond motifs is 1. The SMILES string of the molecule is OC(Cc1ccnc2ccccc12)c1ccc(Cl)nc1. The molecule has 1 N–H and O–H groups in total. The summed E-state index contributed by atoms with van der Waals surface area (Å²) in [6, 6.07) is 13.3. The third kappa shape index (κ3) is 2.64. The molecular weight excluding hydrogens is 272 g/mol. The van der Waals surface area contributed by atoms with Gasteiger partial charge in [-0.25, -0.2) is 4.98 Å². The number of hydrogen-bond donors (Lipinski definition) is 1. The van der Waals surface area contributed by atoms with Gasteiger partial charge in [0.1, 0.15) is 5.15 Å². The van der Waals surface area contributed by atoms with Crippen LogP contribution < -0.4 is 0 Å². The summed E-state index contributed by atoms with van der Waals surface area (Å²) in [4.78, 5) is 8.32. The maximum atomic E-state index is 10.3. The Morgan fingerprint density at radius 3 is 2.70 bits per heavy atom. The van der Waals surface area contributed by atoms with Crippen LogP contribution >= 0.6 is 11.6 Å². The normalized spacial score (nSPS) is 12.5. The van der Waals surface area contributed by atoms with Crippen LogP contribution in [0.3, 0.4) is 0 Å². The minimum Gasteiger partial charge on any atom is -0.388 e. The Morgan fingerprint density at radius 1 is 1.05 bits per heavy atom. The predicted molar refractivity (Wildman–Crippen MR) is 79.7 cm³/mol. The van der Waals surface area contributed by atoms with Crippen molar-refractivity contribution in [2.24, 2.45) is 0 Å². The number of aliphatic hydroxyl groups is 1. The van der Waals surface area contributed by atoms with Crippen molar-refractivity contribution >= 4 is 22.5 Å². The first-order valence-electron chi connectivity index (χ1n) is 6.36. The average Bonchev–Trinajstić information content (AvgIpc) is 2.48. The van der Waals surface area contributed by atoms with Crippen molar-refractivity contribution in [3.05, 3.63) is 71.1 Å². The van der Waals surface area contributed by atoms with E-state index in [0.29, 0.717) is 11.6 Å². The second kappa shape index (κ2) is 5.57. The summed E-state index contributed by atoms with van der Waals surface area (Å²) in [5, 5.41) is 11.8. The largest absolute Gasteiger partial charge is 0.388 e. The molecule has 1 aromatic carbocycles. The predicted octanol–water partition coefficient (Wildman–Crippen LogP) is 3.56. The minimum absolute atomic E-state index is 0.426. The lowest BCUT2D eigenvalue weighted by molar-refractivity contribution is 0.178. The van der Waals surface area contributed by atoms with E-state index in [1.165, 1.54) is 0 Å². The van der Waals surface area contributed by atoms with Gasteiger partial charge in [-0.1, -0.05) is 35.9 Å². The zero-order chi connectivity index (χ0) is 13.9. The van der Waals surface area contributed by atoms with Crippen molar-refractivity contribution in [1.82, 2.24) is 9.97 Å². The van der Waals surface area contributed by atoms with Gasteiger partial charge in [0, 0.05) is 24.2 Å². The number of aliphatic hydroxyl groups excluding tert-OH is 1. The number of hydrogen-bond acceptors (Lipinski definition) is 3. The van der Waals surface area contributed by atoms with Crippen molar-refractivity contribution in [3.63, 3.8) is 0 Å². The summed E-state index contributed by atoms with van der Waals surface area (Å²) < 4.78 is 0. The molecule has 3 rings (SSSR count). The number of rotatable bonds is 3. The van der Waals surface area contributed by atoms with Crippen LogP contribution in [0.1, 0.15) is 17.2 Å². The third-order valence-corrected chi connectivity index (χ3v) is 3.51. The molecule has 0 aliphatic heterocycles. The zero-order valence-electron chi connectivity index (χ0n) is 10.7. The van der Waals surface area contributed by atoms with Crippen molar-refractivity contribution in [2.45, 2.75) is 12.5 Å². The molecular formula is C16H13ClN2O. The lowest BCUT2D eigenvalue weighted by atomic mass is 10.00. The monoisotopic (exact) mass is 284 g/mol. The van der Waals surface area contributed by atoms with Gasteiger partial charge in [-0.15, -0.1) is 0 Å². The van der Waals surface area contributed by atoms with Gasteiger partial charge in [-0.3, -0.25) is 4.98 Å². The Kier molecular flexibility index (Phi) is 3.63. The van der Waals surface area contributed by atoms with E-state index in [0.717, 1.165) is 22.0 Å². The Bertz CT molecular complexity index is 723. The molecule has 0 saturated carbocycles. The smallest absolute Gasteiger partial charge is 0.129 e. The molecule has 100 valence electrons. The number of pyridine rings is 2. The van der Waals surface area contributed by atoms with Crippen molar-refractivity contribution in [1.29, 1.82) is 0 Å². The van der Waals surface area contributed by atoms with Crippen molar-refractivity contribution in [2.75, 3.05) is 0 Å². The van der Waals surface area contributed by atoms with Crippen LogP contribution in [0.25, 0.3) is 10.9 Å². The fourth-order valence-corrected chi connectivity index (χ4v) is 2.36. The van der Waals surface area contributed by atoms with Gasteiger partial charge < -0.3 is 5.11 Å². The van der Waals surface area contributed by atoms with Gasteiger partial charge in [0.05, 0.1) is 11.6 Å². The van der Waals surface area contributed by atoms with Gasteiger partial charge in [0.2, 0.25) is 0 Å². The molecule has 1 unspecified atom stereocenters. The van der Waals surface area contributed by atoms with Gasteiger partial charge in [0.25, 0.3) is 0 Å².